The van der Waals surface area contributed by atoms with E-state index in [-0.39, 0.29) is 11.7 Å². The quantitative estimate of drug-likeness (QED) is 0.567. The number of imide groups is 1. The van der Waals surface area contributed by atoms with E-state index in [1.165, 1.54) is 6.08 Å². The Labute approximate surface area is 148 Å². The van der Waals surface area contributed by atoms with Gasteiger partial charge in [0.1, 0.15) is 11.6 Å². The lowest BCUT2D eigenvalue weighted by Gasteiger charge is -2.17. The largest absolute Gasteiger partial charge is 0.490 e. The SMILES string of the molecule is CCOc1cc(/C=C(/C#N)C(=O)NC(N)=O)cc(Br)c1OC(C)C. The number of halogens is 1. The van der Waals surface area contributed by atoms with Crippen LogP contribution in [0, 0.1) is 11.3 Å². The van der Waals surface area contributed by atoms with E-state index < -0.39 is 11.9 Å². The second-order valence-corrected chi connectivity index (χ2v) is 5.77. The van der Waals surface area contributed by atoms with Crippen molar-refractivity contribution >= 4 is 33.9 Å². The van der Waals surface area contributed by atoms with Gasteiger partial charge >= 0.3 is 6.03 Å². The molecule has 0 radical (unpaired) electrons. The molecule has 128 valence electrons. The Kier molecular flexibility index (Phi) is 7.27. The highest BCUT2D eigenvalue weighted by Crippen LogP contribution is 2.38. The van der Waals surface area contributed by atoms with Crippen LogP contribution in [0.2, 0.25) is 0 Å². The van der Waals surface area contributed by atoms with Gasteiger partial charge in [-0.05, 0) is 60.5 Å². The number of nitriles is 1. The summed E-state index contributed by atoms with van der Waals surface area (Å²) in [6, 6.07) is 4.01. The van der Waals surface area contributed by atoms with Gasteiger partial charge < -0.3 is 15.2 Å². The maximum Gasteiger partial charge on any atom is 0.319 e. The highest BCUT2D eigenvalue weighted by molar-refractivity contribution is 9.10. The van der Waals surface area contributed by atoms with Crippen molar-refractivity contribution in [1.29, 1.82) is 5.26 Å². The molecule has 8 heteroatoms. The van der Waals surface area contributed by atoms with Crippen molar-refractivity contribution in [2.24, 2.45) is 5.73 Å². The zero-order chi connectivity index (χ0) is 18.3. The number of rotatable bonds is 6. The van der Waals surface area contributed by atoms with E-state index >= 15 is 0 Å². The number of nitrogens with one attached hydrogen (secondary N) is 1. The molecule has 1 aromatic carbocycles. The number of benzene rings is 1. The number of nitrogens with two attached hydrogens (primary N) is 1. The molecule has 1 aromatic rings. The Morgan fingerprint density at radius 3 is 2.62 bits per heavy atom. The lowest BCUT2D eigenvalue weighted by Crippen LogP contribution is -2.35. The molecule has 3 amide bonds. The molecule has 1 rings (SSSR count). The maximum atomic E-state index is 11.7. The van der Waals surface area contributed by atoms with E-state index in [0.29, 0.717) is 28.1 Å². The minimum Gasteiger partial charge on any atom is -0.490 e. The fraction of sp³-hybridized carbons (Fsp3) is 0.312. The smallest absolute Gasteiger partial charge is 0.319 e. The molecule has 0 aliphatic rings. The minimum absolute atomic E-state index is 0.0575. The molecule has 7 nitrogen and oxygen atoms in total. The number of hydrogen-bond acceptors (Lipinski definition) is 5. The van der Waals surface area contributed by atoms with Gasteiger partial charge in [-0.3, -0.25) is 10.1 Å². The number of carbonyl (C=O) groups is 2. The summed E-state index contributed by atoms with van der Waals surface area (Å²) < 4.78 is 11.9. The monoisotopic (exact) mass is 395 g/mol. The summed E-state index contributed by atoms with van der Waals surface area (Å²) in [7, 11) is 0. The van der Waals surface area contributed by atoms with Crippen LogP contribution in [0.5, 0.6) is 11.5 Å². The minimum atomic E-state index is -1.03. The Balaban J connectivity index is 3.29. The van der Waals surface area contributed by atoms with Crippen molar-refractivity contribution in [1.82, 2.24) is 5.32 Å². The van der Waals surface area contributed by atoms with E-state index in [9.17, 15) is 9.59 Å². The molecule has 0 bridgehead atoms. The predicted octanol–water partition coefficient (Wildman–Crippen LogP) is 2.74. The number of ether oxygens (including phenoxy) is 2. The molecule has 0 aliphatic carbocycles. The first kappa shape index (κ1) is 19.5. The Morgan fingerprint density at radius 1 is 1.46 bits per heavy atom. The number of urea groups is 1. The lowest BCUT2D eigenvalue weighted by molar-refractivity contribution is -0.115. The van der Waals surface area contributed by atoms with Gasteiger partial charge in [0, 0.05) is 0 Å². The van der Waals surface area contributed by atoms with Gasteiger partial charge in [-0.1, -0.05) is 0 Å². The van der Waals surface area contributed by atoms with Gasteiger partial charge in [0.25, 0.3) is 5.91 Å². The Morgan fingerprint density at radius 2 is 2.12 bits per heavy atom. The van der Waals surface area contributed by atoms with Crippen molar-refractivity contribution in [3.8, 4) is 17.6 Å². The van der Waals surface area contributed by atoms with Gasteiger partial charge in [0.2, 0.25) is 0 Å². The first-order valence-electron chi connectivity index (χ1n) is 7.14. The van der Waals surface area contributed by atoms with Crippen molar-refractivity contribution in [2.45, 2.75) is 26.9 Å². The fourth-order valence-corrected chi connectivity index (χ4v) is 2.33. The van der Waals surface area contributed by atoms with E-state index in [4.69, 9.17) is 20.5 Å². The molecule has 0 saturated heterocycles. The van der Waals surface area contributed by atoms with Gasteiger partial charge in [-0.2, -0.15) is 5.26 Å². The van der Waals surface area contributed by atoms with Crippen LogP contribution in [0.15, 0.2) is 22.2 Å². The van der Waals surface area contributed by atoms with E-state index in [1.54, 1.807) is 18.2 Å². The van der Waals surface area contributed by atoms with Crippen LogP contribution in [0.25, 0.3) is 6.08 Å². The normalized spacial score (nSPS) is 10.9. The molecule has 0 aliphatic heterocycles. The molecule has 0 spiro atoms. The molecule has 3 N–H and O–H groups in total. The molecule has 24 heavy (non-hydrogen) atoms. The number of amides is 3. The van der Waals surface area contributed by atoms with Crippen LogP contribution < -0.4 is 20.5 Å². The number of primary amides is 1. The summed E-state index contributed by atoms with van der Waals surface area (Å²) in [6.45, 7) is 6.02. The summed E-state index contributed by atoms with van der Waals surface area (Å²) in [5.74, 6) is 0.130. The molecule has 0 fully saturated rings. The molecular formula is C16H18BrN3O4. The third-order valence-electron chi connectivity index (χ3n) is 2.60. The zero-order valence-corrected chi connectivity index (χ0v) is 15.1. The van der Waals surface area contributed by atoms with Crippen molar-refractivity contribution < 1.29 is 19.1 Å². The predicted molar refractivity (Wildman–Crippen MR) is 92.4 cm³/mol. The van der Waals surface area contributed by atoms with Crippen molar-refractivity contribution in [3.05, 3.63) is 27.7 Å². The van der Waals surface area contributed by atoms with Crippen LogP contribution in [0.4, 0.5) is 4.79 Å². The molecule has 0 saturated carbocycles. The standard InChI is InChI=1S/C16H18BrN3O4/c1-4-23-13-7-10(6-12(17)14(13)24-9(2)3)5-11(8-18)15(21)20-16(19)22/h5-7,9H,4H2,1-3H3,(H3,19,20,21,22)/b11-5-. The van der Waals surface area contributed by atoms with Crippen LogP contribution in [-0.4, -0.2) is 24.6 Å². The van der Waals surface area contributed by atoms with Gasteiger partial charge in [0.05, 0.1) is 17.2 Å². The lowest BCUT2D eigenvalue weighted by atomic mass is 10.1. The summed E-state index contributed by atoms with van der Waals surface area (Å²) in [6.07, 6.45) is 1.27. The third-order valence-corrected chi connectivity index (χ3v) is 3.19. The van der Waals surface area contributed by atoms with Crippen LogP contribution in [0.1, 0.15) is 26.3 Å². The molecule has 0 unspecified atom stereocenters. The average Bonchev–Trinajstić information content (AvgIpc) is 2.47. The third kappa shape index (κ3) is 5.59. The average molecular weight is 396 g/mol. The van der Waals surface area contributed by atoms with Crippen LogP contribution in [-0.2, 0) is 4.79 Å². The second kappa shape index (κ2) is 8.93. The molecule has 0 aromatic heterocycles. The summed E-state index contributed by atoms with van der Waals surface area (Å²) in [5.41, 5.74) is 5.14. The summed E-state index contributed by atoms with van der Waals surface area (Å²) >= 11 is 3.39. The number of nitrogens with zero attached hydrogens (tertiary/aromatic N) is 1. The zero-order valence-electron chi connectivity index (χ0n) is 13.6. The molecule has 0 heterocycles. The molecule has 0 atom stereocenters. The highest BCUT2D eigenvalue weighted by Gasteiger charge is 2.15. The fourth-order valence-electron chi connectivity index (χ4n) is 1.78. The Bertz CT molecular complexity index is 708. The van der Waals surface area contributed by atoms with E-state index in [1.807, 2.05) is 26.1 Å². The second-order valence-electron chi connectivity index (χ2n) is 4.92. The van der Waals surface area contributed by atoms with Crippen molar-refractivity contribution in [3.63, 3.8) is 0 Å². The topological polar surface area (TPSA) is 114 Å². The van der Waals surface area contributed by atoms with E-state index in [2.05, 4.69) is 15.9 Å². The van der Waals surface area contributed by atoms with Crippen LogP contribution in [0.3, 0.4) is 0 Å². The molecular weight excluding hydrogens is 378 g/mol. The summed E-state index contributed by atoms with van der Waals surface area (Å²) in [5, 5.41) is 10.9. The number of carbonyl (C=O) groups excluding carboxylic acids is 2. The Hall–Kier alpha value is -2.53. The van der Waals surface area contributed by atoms with Gasteiger partial charge in [-0.15, -0.1) is 0 Å². The van der Waals surface area contributed by atoms with E-state index in [0.717, 1.165) is 0 Å². The van der Waals surface area contributed by atoms with Gasteiger partial charge in [0.15, 0.2) is 11.5 Å². The highest BCUT2D eigenvalue weighted by atomic mass is 79.9. The first-order valence-corrected chi connectivity index (χ1v) is 7.93. The summed E-state index contributed by atoms with van der Waals surface area (Å²) in [4.78, 5) is 22.5. The van der Waals surface area contributed by atoms with Crippen molar-refractivity contribution in [2.75, 3.05) is 6.61 Å². The first-order chi connectivity index (χ1) is 11.3. The number of hydrogen-bond donors (Lipinski definition) is 2. The van der Waals surface area contributed by atoms with Gasteiger partial charge in [-0.25, -0.2) is 4.79 Å². The maximum absolute atomic E-state index is 11.7. The van der Waals surface area contributed by atoms with Crippen LogP contribution >= 0.6 is 15.9 Å².